The SMILES string of the molecule is CC(=O)NC(CCC(=O)N[C@@H](Cc1ccc(O)c(CO)c1)C(=O)O)C(=O)O. The Kier molecular flexibility index (Phi) is 8.21. The average molecular weight is 382 g/mol. The molecule has 2 amide bonds. The lowest BCUT2D eigenvalue weighted by molar-refractivity contribution is -0.143. The first-order valence-electron chi connectivity index (χ1n) is 8.07. The quantitative estimate of drug-likeness (QED) is 0.310. The third-order valence-electron chi connectivity index (χ3n) is 3.72. The first kappa shape index (κ1) is 21.9. The van der Waals surface area contributed by atoms with Crippen LogP contribution in [0, 0.1) is 0 Å². The molecule has 0 saturated heterocycles. The largest absolute Gasteiger partial charge is 0.508 e. The van der Waals surface area contributed by atoms with Crippen molar-refractivity contribution >= 4 is 23.8 Å². The highest BCUT2D eigenvalue weighted by Crippen LogP contribution is 2.19. The number of aliphatic hydroxyl groups excluding tert-OH is 1. The second-order valence-corrected chi connectivity index (χ2v) is 5.91. The van der Waals surface area contributed by atoms with Gasteiger partial charge in [0.1, 0.15) is 17.8 Å². The van der Waals surface area contributed by atoms with Gasteiger partial charge in [0.05, 0.1) is 6.61 Å². The number of rotatable bonds is 10. The number of aliphatic hydroxyl groups is 1. The second kappa shape index (κ2) is 10.1. The summed E-state index contributed by atoms with van der Waals surface area (Å²) in [6.07, 6.45) is -0.581. The van der Waals surface area contributed by atoms with Gasteiger partial charge in [0.2, 0.25) is 11.8 Å². The summed E-state index contributed by atoms with van der Waals surface area (Å²) in [7, 11) is 0. The van der Waals surface area contributed by atoms with Crippen LogP contribution in [-0.4, -0.2) is 56.3 Å². The number of carbonyl (C=O) groups is 4. The normalized spacial score (nSPS) is 12.7. The highest BCUT2D eigenvalue weighted by molar-refractivity contribution is 5.85. The van der Waals surface area contributed by atoms with Gasteiger partial charge in [-0.05, 0) is 24.1 Å². The van der Waals surface area contributed by atoms with Crippen molar-refractivity contribution in [2.45, 2.75) is 44.9 Å². The van der Waals surface area contributed by atoms with Crippen LogP contribution in [-0.2, 0) is 32.2 Å². The van der Waals surface area contributed by atoms with Crippen molar-refractivity contribution < 1.29 is 39.6 Å². The van der Waals surface area contributed by atoms with Gasteiger partial charge in [-0.3, -0.25) is 9.59 Å². The molecule has 10 heteroatoms. The maximum absolute atomic E-state index is 12.0. The van der Waals surface area contributed by atoms with Gasteiger partial charge in [-0.15, -0.1) is 0 Å². The van der Waals surface area contributed by atoms with Crippen molar-refractivity contribution in [1.29, 1.82) is 0 Å². The minimum atomic E-state index is -1.30. The number of amides is 2. The number of carboxylic acids is 2. The third-order valence-corrected chi connectivity index (χ3v) is 3.72. The first-order chi connectivity index (χ1) is 12.6. The zero-order valence-corrected chi connectivity index (χ0v) is 14.6. The highest BCUT2D eigenvalue weighted by Gasteiger charge is 2.23. The van der Waals surface area contributed by atoms with Gasteiger partial charge in [0, 0.05) is 25.3 Å². The van der Waals surface area contributed by atoms with E-state index in [-0.39, 0.29) is 30.6 Å². The molecule has 0 saturated carbocycles. The molecule has 0 spiro atoms. The fraction of sp³-hybridized carbons (Fsp3) is 0.412. The summed E-state index contributed by atoms with van der Waals surface area (Å²) in [5, 5.41) is 41.4. The molecule has 27 heavy (non-hydrogen) atoms. The van der Waals surface area contributed by atoms with E-state index in [0.29, 0.717) is 5.56 Å². The Balaban J connectivity index is 2.71. The van der Waals surface area contributed by atoms with Crippen LogP contribution >= 0.6 is 0 Å². The number of hydrogen-bond acceptors (Lipinski definition) is 6. The van der Waals surface area contributed by atoms with Gasteiger partial charge in [0.25, 0.3) is 0 Å². The van der Waals surface area contributed by atoms with Gasteiger partial charge in [0.15, 0.2) is 0 Å². The summed E-state index contributed by atoms with van der Waals surface area (Å²) >= 11 is 0. The molecule has 148 valence electrons. The predicted molar refractivity (Wildman–Crippen MR) is 91.8 cm³/mol. The summed E-state index contributed by atoms with van der Waals surface area (Å²) in [4.78, 5) is 45.4. The minimum absolute atomic E-state index is 0.0948. The molecule has 2 atom stereocenters. The van der Waals surface area contributed by atoms with E-state index in [1.54, 1.807) is 0 Å². The van der Waals surface area contributed by atoms with E-state index >= 15 is 0 Å². The molecular formula is C17H22N2O8. The maximum Gasteiger partial charge on any atom is 0.326 e. The van der Waals surface area contributed by atoms with Crippen molar-refractivity contribution in [3.8, 4) is 5.75 Å². The van der Waals surface area contributed by atoms with Crippen LogP contribution in [0.4, 0.5) is 0 Å². The molecule has 0 bridgehead atoms. The monoisotopic (exact) mass is 382 g/mol. The van der Waals surface area contributed by atoms with E-state index in [9.17, 15) is 29.4 Å². The zero-order valence-electron chi connectivity index (χ0n) is 14.6. The fourth-order valence-electron chi connectivity index (χ4n) is 2.37. The molecule has 1 aromatic carbocycles. The predicted octanol–water partition coefficient (Wildman–Crippen LogP) is -0.634. The Morgan fingerprint density at radius 3 is 2.19 bits per heavy atom. The van der Waals surface area contributed by atoms with Crippen LogP contribution in [0.1, 0.15) is 30.9 Å². The Hall–Kier alpha value is -3.14. The molecule has 10 nitrogen and oxygen atoms in total. The van der Waals surface area contributed by atoms with Gasteiger partial charge in [-0.1, -0.05) is 6.07 Å². The van der Waals surface area contributed by atoms with Crippen LogP contribution in [0.5, 0.6) is 5.75 Å². The molecule has 0 aliphatic carbocycles. The molecular weight excluding hydrogens is 360 g/mol. The lowest BCUT2D eigenvalue weighted by atomic mass is 10.0. The molecule has 0 aliphatic rings. The maximum atomic E-state index is 12.0. The molecule has 1 unspecified atom stereocenters. The van der Waals surface area contributed by atoms with Crippen molar-refractivity contribution in [3.63, 3.8) is 0 Å². The Morgan fingerprint density at radius 1 is 1.04 bits per heavy atom. The lowest BCUT2D eigenvalue weighted by Gasteiger charge is -2.17. The summed E-state index contributed by atoms with van der Waals surface area (Å²) in [6.45, 7) is 0.720. The molecule has 0 fully saturated rings. The Morgan fingerprint density at radius 2 is 1.67 bits per heavy atom. The van der Waals surface area contributed by atoms with E-state index < -0.39 is 42.4 Å². The number of aromatic hydroxyl groups is 1. The van der Waals surface area contributed by atoms with Gasteiger partial charge in [-0.2, -0.15) is 0 Å². The number of aliphatic carboxylic acids is 2. The van der Waals surface area contributed by atoms with Crippen LogP contribution in [0.15, 0.2) is 18.2 Å². The van der Waals surface area contributed by atoms with Crippen LogP contribution in [0.2, 0.25) is 0 Å². The zero-order chi connectivity index (χ0) is 20.6. The Labute approximate surface area is 154 Å². The molecule has 6 N–H and O–H groups in total. The molecule has 0 radical (unpaired) electrons. The minimum Gasteiger partial charge on any atom is -0.508 e. The second-order valence-electron chi connectivity index (χ2n) is 5.91. The van der Waals surface area contributed by atoms with Crippen LogP contribution < -0.4 is 10.6 Å². The number of nitrogens with one attached hydrogen (secondary N) is 2. The van der Waals surface area contributed by atoms with Crippen molar-refractivity contribution in [1.82, 2.24) is 10.6 Å². The average Bonchev–Trinajstić information content (AvgIpc) is 2.58. The van der Waals surface area contributed by atoms with Crippen molar-refractivity contribution in [2.75, 3.05) is 0 Å². The van der Waals surface area contributed by atoms with Gasteiger partial charge >= 0.3 is 11.9 Å². The van der Waals surface area contributed by atoms with E-state index in [1.165, 1.54) is 18.2 Å². The number of hydrogen-bond donors (Lipinski definition) is 6. The van der Waals surface area contributed by atoms with E-state index in [1.807, 2.05) is 0 Å². The lowest BCUT2D eigenvalue weighted by Crippen LogP contribution is -2.44. The number of benzene rings is 1. The smallest absolute Gasteiger partial charge is 0.326 e. The molecule has 0 heterocycles. The summed E-state index contributed by atoms with van der Waals surface area (Å²) in [6, 6.07) is 1.67. The van der Waals surface area contributed by atoms with E-state index in [2.05, 4.69) is 10.6 Å². The topological polar surface area (TPSA) is 173 Å². The number of carbonyl (C=O) groups excluding carboxylic acids is 2. The fourth-order valence-corrected chi connectivity index (χ4v) is 2.37. The first-order valence-corrected chi connectivity index (χ1v) is 8.07. The number of carboxylic acid groups (broad SMARTS) is 2. The molecule has 0 aliphatic heterocycles. The molecule has 0 aromatic heterocycles. The Bertz CT molecular complexity index is 719. The third kappa shape index (κ3) is 7.32. The molecule has 1 rings (SSSR count). The van der Waals surface area contributed by atoms with Crippen molar-refractivity contribution in [2.24, 2.45) is 0 Å². The summed E-state index contributed by atoms with van der Waals surface area (Å²) < 4.78 is 0. The van der Waals surface area contributed by atoms with Gasteiger partial charge in [-0.25, -0.2) is 9.59 Å². The number of phenols is 1. The summed E-state index contributed by atoms with van der Waals surface area (Å²) in [5.41, 5.74) is 0.703. The van der Waals surface area contributed by atoms with E-state index in [4.69, 9.17) is 10.2 Å². The highest BCUT2D eigenvalue weighted by atomic mass is 16.4. The van der Waals surface area contributed by atoms with E-state index in [0.717, 1.165) is 6.92 Å². The van der Waals surface area contributed by atoms with Crippen LogP contribution in [0.25, 0.3) is 0 Å². The van der Waals surface area contributed by atoms with Crippen LogP contribution in [0.3, 0.4) is 0 Å². The van der Waals surface area contributed by atoms with Crippen molar-refractivity contribution in [3.05, 3.63) is 29.3 Å². The standard InChI is InChI=1S/C17H22N2O8/c1-9(21)18-12(16(24)25)3-5-15(23)19-13(17(26)27)7-10-2-4-14(22)11(6-10)8-20/h2,4,6,12-13,20,22H,3,5,7-8H2,1H3,(H,18,21)(H,19,23)(H,24,25)(H,26,27)/t12?,13-/m0/s1. The molecule has 1 aromatic rings. The summed E-state index contributed by atoms with van der Waals surface area (Å²) in [5.74, 6) is -3.96. The van der Waals surface area contributed by atoms with Gasteiger partial charge < -0.3 is 31.1 Å².